The summed E-state index contributed by atoms with van der Waals surface area (Å²) in [4.78, 5) is 11.3. The summed E-state index contributed by atoms with van der Waals surface area (Å²) in [7, 11) is 0. The van der Waals surface area contributed by atoms with Crippen LogP contribution in [0.1, 0.15) is 17.5 Å². The number of amidine groups is 1. The SMILES string of the molecule is NC1=N[C@@]2(COC1)c1cc(-c3cc(Cl)ccc3F)ccc1Oc1ncc(N3CC[C@@H](F)C3)cc12. The molecule has 0 bridgehead atoms. The van der Waals surface area contributed by atoms with Crippen LogP contribution < -0.4 is 15.4 Å². The minimum atomic E-state index is -1.03. The summed E-state index contributed by atoms with van der Waals surface area (Å²) < 4.78 is 40.5. The first-order valence-corrected chi connectivity index (χ1v) is 11.4. The molecule has 34 heavy (non-hydrogen) atoms. The quantitative estimate of drug-likeness (QED) is 0.566. The monoisotopic (exact) mass is 482 g/mol. The fourth-order valence-electron chi connectivity index (χ4n) is 4.91. The van der Waals surface area contributed by atoms with Crippen molar-refractivity contribution in [2.75, 3.05) is 31.2 Å². The molecule has 0 saturated carbocycles. The lowest BCUT2D eigenvalue weighted by Crippen LogP contribution is -2.42. The molecule has 1 aromatic heterocycles. The third kappa shape index (κ3) is 3.40. The second-order valence-corrected chi connectivity index (χ2v) is 9.21. The Bertz CT molecular complexity index is 1330. The zero-order valence-electron chi connectivity index (χ0n) is 18.1. The zero-order chi connectivity index (χ0) is 23.4. The van der Waals surface area contributed by atoms with Crippen LogP contribution in [0, 0.1) is 5.82 Å². The van der Waals surface area contributed by atoms with Crippen molar-refractivity contribution in [3.8, 4) is 22.8 Å². The Morgan fingerprint density at radius 1 is 1.15 bits per heavy atom. The molecule has 0 aliphatic carbocycles. The Hall–Kier alpha value is -3.23. The van der Waals surface area contributed by atoms with Gasteiger partial charge in [0.25, 0.3) is 0 Å². The third-order valence-corrected chi connectivity index (χ3v) is 6.78. The van der Waals surface area contributed by atoms with E-state index in [2.05, 4.69) is 4.98 Å². The van der Waals surface area contributed by atoms with E-state index in [9.17, 15) is 8.78 Å². The predicted octanol–water partition coefficient (Wildman–Crippen LogP) is 4.83. The van der Waals surface area contributed by atoms with Crippen LogP contribution in [0.4, 0.5) is 14.5 Å². The highest BCUT2D eigenvalue weighted by Crippen LogP contribution is 2.51. The minimum absolute atomic E-state index is 0.204. The van der Waals surface area contributed by atoms with E-state index in [1.54, 1.807) is 24.4 Å². The summed E-state index contributed by atoms with van der Waals surface area (Å²) in [6.45, 7) is 1.32. The smallest absolute Gasteiger partial charge is 0.225 e. The van der Waals surface area contributed by atoms with E-state index >= 15 is 0 Å². The molecule has 6 rings (SSSR count). The molecule has 2 aromatic carbocycles. The largest absolute Gasteiger partial charge is 0.438 e. The highest BCUT2D eigenvalue weighted by Gasteiger charge is 2.46. The fourth-order valence-corrected chi connectivity index (χ4v) is 5.08. The number of hydrogen-bond acceptors (Lipinski definition) is 6. The van der Waals surface area contributed by atoms with Crippen LogP contribution in [0.25, 0.3) is 11.1 Å². The number of ether oxygens (including phenoxy) is 2. The summed E-state index contributed by atoms with van der Waals surface area (Å²) >= 11 is 6.14. The van der Waals surface area contributed by atoms with Crippen LogP contribution >= 0.6 is 11.6 Å². The maximum atomic E-state index is 14.7. The molecule has 174 valence electrons. The summed E-state index contributed by atoms with van der Waals surface area (Å²) in [5.41, 5.74) is 8.24. The first kappa shape index (κ1) is 21.3. The summed E-state index contributed by atoms with van der Waals surface area (Å²) in [6, 6.07) is 11.7. The van der Waals surface area contributed by atoms with Crippen molar-refractivity contribution in [3.63, 3.8) is 0 Å². The van der Waals surface area contributed by atoms with Crippen molar-refractivity contribution in [3.05, 3.63) is 70.6 Å². The Kier molecular flexibility index (Phi) is 4.97. The van der Waals surface area contributed by atoms with Gasteiger partial charge in [0.05, 0.1) is 24.1 Å². The lowest BCUT2D eigenvalue weighted by molar-refractivity contribution is 0.109. The molecule has 3 aliphatic rings. The number of alkyl halides is 1. The number of aliphatic imine (C=N–C) groups is 1. The van der Waals surface area contributed by atoms with Gasteiger partial charge in [-0.1, -0.05) is 17.7 Å². The van der Waals surface area contributed by atoms with E-state index in [-0.39, 0.29) is 13.2 Å². The fraction of sp³-hybridized carbons (Fsp3) is 0.280. The van der Waals surface area contributed by atoms with Gasteiger partial charge in [0.2, 0.25) is 5.88 Å². The third-order valence-electron chi connectivity index (χ3n) is 6.54. The minimum Gasteiger partial charge on any atom is -0.438 e. The molecule has 3 aliphatic heterocycles. The molecular formula is C25H21ClF2N4O2. The number of pyridine rings is 1. The van der Waals surface area contributed by atoms with E-state index in [1.807, 2.05) is 17.0 Å². The maximum Gasteiger partial charge on any atom is 0.225 e. The first-order chi connectivity index (χ1) is 16.4. The van der Waals surface area contributed by atoms with Gasteiger partial charge >= 0.3 is 0 Å². The summed E-state index contributed by atoms with van der Waals surface area (Å²) in [6.07, 6.45) is 1.29. The molecule has 9 heteroatoms. The number of aromatic nitrogens is 1. The number of rotatable bonds is 2. The predicted molar refractivity (Wildman–Crippen MR) is 126 cm³/mol. The average Bonchev–Trinajstić information content (AvgIpc) is 3.27. The van der Waals surface area contributed by atoms with Crippen LogP contribution in [0.3, 0.4) is 0 Å². The van der Waals surface area contributed by atoms with Crippen molar-refractivity contribution in [2.24, 2.45) is 10.7 Å². The number of halogens is 3. The summed E-state index contributed by atoms with van der Waals surface area (Å²) in [5, 5.41) is 0.430. The van der Waals surface area contributed by atoms with Crippen LogP contribution in [0.15, 0.2) is 53.7 Å². The number of hydrogen-bond donors (Lipinski definition) is 1. The molecule has 3 aromatic rings. The van der Waals surface area contributed by atoms with Crippen molar-refractivity contribution in [1.82, 2.24) is 4.98 Å². The molecule has 0 unspecified atom stereocenters. The number of nitrogens with two attached hydrogens (primary N) is 1. The number of nitrogens with zero attached hydrogens (tertiary/aromatic N) is 3. The summed E-state index contributed by atoms with van der Waals surface area (Å²) in [5.74, 6) is 0.860. The van der Waals surface area contributed by atoms with E-state index in [4.69, 9.17) is 31.8 Å². The van der Waals surface area contributed by atoms with E-state index in [1.165, 1.54) is 12.1 Å². The van der Waals surface area contributed by atoms with Crippen LogP contribution in [-0.2, 0) is 10.3 Å². The number of fused-ring (bicyclic) bond motifs is 4. The molecule has 2 atom stereocenters. The molecule has 1 saturated heterocycles. The molecule has 2 N–H and O–H groups in total. The number of anilines is 1. The second kappa shape index (κ2) is 7.92. The van der Waals surface area contributed by atoms with E-state index in [0.29, 0.717) is 64.3 Å². The van der Waals surface area contributed by atoms with Crippen LogP contribution in [0.2, 0.25) is 5.02 Å². The van der Waals surface area contributed by atoms with Crippen LogP contribution in [0.5, 0.6) is 11.6 Å². The number of benzene rings is 2. The highest BCUT2D eigenvalue weighted by molar-refractivity contribution is 6.30. The molecule has 0 radical (unpaired) electrons. The Morgan fingerprint density at radius 2 is 2.03 bits per heavy atom. The molecule has 1 spiro atoms. The van der Waals surface area contributed by atoms with Crippen molar-refractivity contribution in [1.29, 1.82) is 0 Å². The zero-order valence-corrected chi connectivity index (χ0v) is 18.9. The Balaban J connectivity index is 1.54. The van der Waals surface area contributed by atoms with Gasteiger partial charge in [-0.25, -0.2) is 13.8 Å². The highest BCUT2D eigenvalue weighted by atomic mass is 35.5. The van der Waals surface area contributed by atoms with Gasteiger partial charge in [0.1, 0.15) is 35.7 Å². The van der Waals surface area contributed by atoms with Crippen molar-refractivity contribution < 1.29 is 18.3 Å². The van der Waals surface area contributed by atoms with Crippen molar-refractivity contribution in [2.45, 2.75) is 18.1 Å². The van der Waals surface area contributed by atoms with Gasteiger partial charge < -0.3 is 20.1 Å². The lowest BCUT2D eigenvalue weighted by Gasteiger charge is -2.39. The molecule has 4 heterocycles. The topological polar surface area (TPSA) is 73.0 Å². The van der Waals surface area contributed by atoms with Gasteiger partial charge in [-0.05, 0) is 48.4 Å². The second-order valence-electron chi connectivity index (χ2n) is 8.77. The van der Waals surface area contributed by atoms with Gasteiger partial charge in [0, 0.05) is 29.2 Å². The Labute approximate surface area is 200 Å². The molecule has 1 fully saturated rings. The van der Waals surface area contributed by atoms with E-state index < -0.39 is 17.5 Å². The first-order valence-electron chi connectivity index (χ1n) is 11.0. The van der Waals surface area contributed by atoms with Crippen LogP contribution in [-0.4, -0.2) is 43.3 Å². The normalized spacial score (nSPS) is 23.3. The molecule has 6 nitrogen and oxygen atoms in total. The maximum absolute atomic E-state index is 14.7. The van der Waals surface area contributed by atoms with Gasteiger partial charge in [-0.15, -0.1) is 0 Å². The van der Waals surface area contributed by atoms with Gasteiger partial charge in [0.15, 0.2) is 0 Å². The molecular weight excluding hydrogens is 462 g/mol. The average molecular weight is 483 g/mol. The molecule has 0 amide bonds. The standard InChI is InChI=1S/C25H21ClF2N4O2/c26-15-2-3-21(28)18(8-15)14-1-4-22-19(7-14)25(13-33-12-23(29)31-25)20-9-17(10-30-24(20)34-22)32-6-5-16(27)11-32/h1-4,7-10,16H,5-6,11-13H2,(H2,29,31)/t16-,25+/m1/s1. The van der Waals surface area contributed by atoms with Gasteiger partial charge in [-0.2, -0.15) is 0 Å². The van der Waals surface area contributed by atoms with E-state index in [0.717, 1.165) is 5.69 Å². The van der Waals surface area contributed by atoms with Crippen molar-refractivity contribution >= 4 is 23.1 Å². The van der Waals surface area contributed by atoms with Gasteiger partial charge in [-0.3, -0.25) is 4.99 Å². The Morgan fingerprint density at radius 3 is 2.82 bits per heavy atom. The lowest BCUT2D eigenvalue weighted by atomic mass is 9.80.